The lowest BCUT2D eigenvalue weighted by molar-refractivity contribution is -0.121. The quantitative estimate of drug-likeness (QED) is 0.525. The highest BCUT2D eigenvalue weighted by Crippen LogP contribution is 2.18. The summed E-state index contributed by atoms with van der Waals surface area (Å²) in [5, 5.41) is 6.20. The van der Waals surface area contributed by atoms with E-state index in [9.17, 15) is 4.79 Å². The number of ether oxygens (including phenoxy) is 1. The molecule has 1 fully saturated rings. The molecule has 1 rings (SSSR count). The molecular weight excluding hydrogens is 292 g/mol. The van der Waals surface area contributed by atoms with Gasteiger partial charge in [0.1, 0.15) is 0 Å². The molecule has 1 amide bonds. The van der Waals surface area contributed by atoms with Crippen molar-refractivity contribution in [3.63, 3.8) is 0 Å². The van der Waals surface area contributed by atoms with Gasteiger partial charge in [0, 0.05) is 45.8 Å². The second-order valence-corrected chi connectivity index (χ2v) is 6.47. The maximum Gasteiger partial charge on any atom is 0.222 e. The smallest absolute Gasteiger partial charge is 0.222 e. The first-order valence-corrected chi connectivity index (χ1v) is 8.89. The van der Waals surface area contributed by atoms with Crippen LogP contribution in [0.5, 0.6) is 0 Å². The zero-order chi connectivity index (χ0) is 17.1. The third kappa shape index (κ3) is 8.79. The molecule has 2 N–H and O–H groups in total. The van der Waals surface area contributed by atoms with Crippen molar-refractivity contribution < 1.29 is 9.53 Å². The van der Waals surface area contributed by atoms with Gasteiger partial charge in [0.25, 0.3) is 0 Å². The van der Waals surface area contributed by atoms with Crippen LogP contribution in [0.3, 0.4) is 0 Å². The molecule has 134 valence electrons. The lowest BCUT2D eigenvalue weighted by Gasteiger charge is -2.26. The topological polar surface area (TPSA) is 66.0 Å². The van der Waals surface area contributed by atoms with Gasteiger partial charge in [-0.25, -0.2) is 0 Å². The van der Waals surface area contributed by atoms with Gasteiger partial charge in [-0.05, 0) is 46.0 Å². The van der Waals surface area contributed by atoms with Crippen molar-refractivity contribution in [1.82, 2.24) is 15.5 Å². The highest BCUT2D eigenvalue weighted by atomic mass is 16.5. The number of amides is 1. The van der Waals surface area contributed by atoms with Crippen LogP contribution in [0.1, 0.15) is 46.5 Å². The molecule has 0 spiro atoms. The molecular formula is C17H34N4O2. The van der Waals surface area contributed by atoms with E-state index in [1.807, 2.05) is 13.8 Å². The van der Waals surface area contributed by atoms with Gasteiger partial charge in [0.05, 0.1) is 6.54 Å². The average molecular weight is 326 g/mol. The Morgan fingerprint density at radius 2 is 2.04 bits per heavy atom. The Balaban J connectivity index is 2.38. The molecule has 6 nitrogen and oxygen atoms in total. The van der Waals surface area contributed by atoms with Crippen LogP contribution in [0.15, 0.2) is 4.99 Å². The van der Waals surface area contributed by atoms with E-state index < -0.39 is 0 Å². The Morgan fingerprint density at radius 1 is 1.35 bits per heavy atom. The average Bonchev–Trinajstić information content (AvgIpc) is 2.52. The molecule has 0 aromatic heterocycles. The zero-order valence-electron chi connectivity index (χ0n) is 15.2. The molecule has 0 bridgehead atoms. The predicted molar refractivity (Wildman–Crippen MR) is 94.7 cm³/mol. The number of guanidine groups is 1. The van der Waals surface area contributed by atoms with Crippen LogP contribution in [0.4, 0.5) is 0 Å². The molecule has 0 aromatic carbocycles. The fraction of sp³-hybridized carbons (Fsp3) is 0.882. The van der Waals surface area contributed by atoms with E-state index in [0.717, 1.165) is 57.4 Å². The SMILES string of the molecule is CCNC(=NCCC(=O)NC(C)C)N(C)CCC1CCOCC1. The molecule has 1 heterocycles. The molecule has 0 unspecified atom stereocenters. The van der Waals surface area contributed by atoms with E-state index in [-0.39, 0.29) is 11.9 Å². The summed E-state index contributed by atoms with van der Waals surface area (Å²) < 4.78 is 5.41. The first-order valence-electron chi connectivity index (χ1n) is 8.89. The van der Waals surface area contributed by atoms with Crippen LogP contribution in [-0.4, -0.2) is 62.7 Å². The van der Waals surface area contributed by atoms with Gasteiger partial charge in [-0.2, -0.15) is 0 Å². The third-order valence-corrected chi connectivity index (χ3v) is 3.96. The number of hydrogen-bond donors (Lipinski definition) is 2. The standard InChI is InChI=1S/C17H34N4O2/c1-5-18-17(19-10-6-16(22)20-14(2)3)21(4)11-7-15-8-12-23-13-9-15/h14-15H,5-13H2,1-4H3,(H,18,19)(H,20,22). The maximum absolute atomic E-state index is 11.7. The van der Waals surface area contributed by atoms with E-state index >= 15 is 0 Å². The van der Waals surface area contributed by atoms with Gasteiger partial charge in [0.2, 0.25) is 5.91 Å². The highest BCUT2D eigenvalue weighted by Gasteiger charge is 2.15. The molecule has 0 aliphatic carbocycles. The number of carbonyl (C=O) groups is 1. The summed E-state index contributed by atoms with van der Waals surface area (Å²) in [6.45, 7) is 10.1. The van der Waals surface area contributed by atoms with Crippen LogP contribution in [0.2, 0.25) is 0 Å². The van der Waals surface area contributed by atoms with Gasteiger partial charge in [-0.1, -0.05) is 0 Å². The highest BCUT2D eigenvalue weighted by molar-refractivity contribution is 5.80. The second kappa shape index (κ2) is 11.3. The molecule has 0 radical (unpaired) electrons. The van der Waals surface area contributed by atoms with Crippen molar-refractivity contribution in [2.75, 3.05) is 39.9 Å². The van der Waals surface area contributed by atoms with Crippen LogP contribution in [0.25, 0.3) is 0 Å². The summed E-state index contributed by atoms with van der Waals surface area (Å²) in [5.74, 6) is 1.70. The van der Waals surface area contributed by atoms with Gasteiger partial charge < -0.3 is 20.3 Å². The lowest BCUT2D eigenvalue weighted by Crippen LogP contribution is -2.40. The predicted octanol–water partition coefficient (Wildman–Crippen LogP) is 1.62. The number of rotatable bonds is 8. The second-order valence-electron chi connectivity index (χ2n) is 6.47. The third-order valence-electron chi connectivity index (χ3n) is 3.96. The molecule has 23 heavy (non-hydrogen) atoms. The van der Waals surface area contributed by atoms with Crippen molar-refractivity contribution in [3.8, 4) is 0 Å². The number of nitrogens with one attached hydrogen (secondary N) is 2. The Kier molecular flexibility index (Phi) is 9.67. The molecule has 0 aromatic rings. The Hall–Kier alpha value is -1.30. The van der Waals surface area contributed by atoms with Gasteiger partial charge >= 0.3 is 0 Å². The van der Waals surface area contributed by atoms with E-state index in [1.54, 1.807) is 0 Å². The monoisotopic (exact) mass is 326 g/mol. The van der Waals surface area contributed by atoms with Crippen molar-refractivity contribution in [2.24, 2.45) is 10.9 Å². The fourth-order valence-corrected chi connectivity index (χ4v) is 2.64. The largest absolute Gasteiger partial charge is 0.381 e. The lowest BCUT2D eigenvalue weighted by atomic mass is 9.96. The van der Waals surface area contributed by atoms with Crippen molar-refractivity contribution in [2.45, 2.75) is 52.5 Å². The number of nitrogens with zero attached hydrogens (tertiary/aromatic N) is 2. The maximum atomic E-state index is 11.7. The minimum atomic E-state index is 0.0597. The van der Waals surface area contributed by atoms with E-state index in [2.05, 4.69) is 34.5 Å². The summed E-state index contributed by atoms with van der Waals surface area (Å²) in [7, 11) is 2.06. The Bertz CT molecular complexity index is 366. The van der Waals surface area contributed by atoms with E-state index in [4.69, 9.17) is 4.74 Å². The van der Waals surface area contributed by atoms with Gasteiger partial charge in [-0.3, -0.25) is 9.79 Å². The first kappa shape index (κ1) is 19.7. The van der Waals surface area contributed by atoms with Crippen LogP contribution < -0.4 is 10.6 Å². The summed E-state index contributed by atoms with van der Waals surface area (Å²) in [5.41, 5.74) is 0. The van der Waals surface area contributed by atoms with Crippen LogP contribution in [0, 0.1) is 5.92 Å². The minimum Gasteiger partial charge on any atom is -0.381 e. The van der Waals surface area contributed by atoms with Crippen molar-refractivity contribution >= 4 is 11.9 Å². The van der Waals surface area contributed by atoms with Gasteiger partial charge in [0.15, 0.2) is 5.96 Å². The van der Waals surface area contributed by atoms with E-state index in [0.29, 0.717) is 13.0 Å². The Labute approximate surface area is 141 Å². The van der Waals surface area contributed by atoms with E-state index in [1.165, 1.54) is 0 Å². The summed E-state index contributed by atoms with van der Waals surface area (Å²) >= 11 is 0. The summed E-state index contributed by atoms with van der Waals surface area (Å²) in [6.07, 6.45) is 3.92. The number of hydrogen-bond acceptors (Lipinski definition) is 3. The summed E-state index contributed by atoms with van der Waals surface area (Å²) in [4.78, 5) is 18.4. The molecule has 6 heteroatoms. The number of carbonyl (C=O) groups excluding carboxylic acids is 1. The van der Waals surface area contributed by atoms with Crippen LogP contribution in [-0.2, 0) is 9.53 Å². The summed E-state index contributed by atoms with van der Waals surface area (Å²) in [6, 6.07) is 0.182. The fourth-order valence-electron chi connectivity index (χ4n) is 2.64. The van der Waals surface area contributed by atoms with Gasteiger partial charge in [-0.15, -0.1) is 0 Å². The Morgan fingerprint density at radius 3 is 2.65 bits per heavy atom. The minimum absolute atomic E-state index is 0.0597. The zero-order valence-corrected chi connectivity index (χ0v) is 15.2. The van der Waals surface area contributed by atoms with Crippen molar-refractivity contribution in [1.29, 1.82) is 0 Å². The molecule has 1 aliphatic rings. The normalized spacial score (nSPS) is 16.5. The van der Waals surface area contributed by atoms with Crippen molar-refractivity contribution in [3.05, 3.63) is 0 Å². The first-order chi connectivity index (χ1) is 11.0. The molecule has 0 saturated carbocycles. The molecule has 1 aliphatic heterocycles. The molecule has 1 saturated heterocycles. The number of aliphatic imine (C=N–C) groups is 1. The van der Waals surface area contributed by atoms with Crippen LogP contribution >= 0.6 is 0 Å². The molecule has 0 atom stereocenters.